The molecule has 0 bridgehead atoms. The van der Waals surface area contributed by atoms with E-state index in [4.69, 9.17) is 0 Å². The minimum Gasteiger partial charge on any atom is -0.292 e. The second kappa shape index (κ2) is 5.52. The van der Waals surface area contributed by atoms with Gasteiger partial charge in [0.1, 0.15) is 11.6 Å². The molecule has 1 aromatic carbocycles. The van der Waals surface area contributed by atoms with Crippen LogP contribution in [0, 0.1) is 5.82 Å². The molecule has 1 heterocycles. The summed E-state index contributed by atoms with van der Waals surface area (Å²) in [6.07, 6.45) is 1.31. The molecule has 0 aliphatic rings. The Morgan fingerprint density at radius 1 is 1.35 bits per heavy atom. The monoisotopic (exact) mass is 276 g/mol. The van der Waals surface area contributed by atoms with Gasteiger partial charge in [-0.2, -0.15) is 5.10 Å². The summed E-state index contributed by atoms with van der Waals surface area (Å²) in [6, 6.07) is 7.39. The largest absolute Gasteiger partial charge is 0.329 e. The van der Waals surface area contributed by atoms with Crippen molar-refractivity contribution in [2.45, 2.75) is 0 Å². The molecule has 0 aliphatic heterocycles. The lowest BCUT2D eigenvalue weighted by molar-refractivity contribution is 0.626. The van der Waals surface area contributed by atoms with Gasteiger partial charge >= 0.3 is 5.69 Å². The van der Waals surface area contributed by atoms with Crippen LogP contribution in [-0.2, 0) is 7.05 Å². The number of rotatable bonds is 3. The van der Waals surface area contributed by atoms with Gasteiger partial charge in [0.25, 0.3) is 5.56 Å². The van der Waals surface area contributed by atoms with E-state index in [1.807, 2.05) is 0 Å². The van der Waals surface area contributed by atoms with Gasteiger partial charge in [-0.3, -0.25) is 19.4 Å². The van der Waals surface area contributed by atoms with Crippen LogP contribution in [0.25, 0.3) is 0 Å². The molecule has 0 fully saturated rings. The second-order valence-corrected chi connectivity index (χ2v) is 4.15. The van der Waals surface area contributed by atoms with Crippen molar-refractivity contribution in [1.82, 2.24) is 9.55 Å². The van der Waals surface area contributed by atoms with Gasteiger partial charge in [0.2, 0.25) is 0 Å². The Morgan fingerprint density at radius 3 is 2.70 bits per heavy atom. The van der Waals surface area contributed by atoms with Crippen molar-refractivity contribution in [2.75, 3.05) is 12.1 Å². The molecule has 0 radical (unpaired) electrons. The molecule has 0 amide bonds. The average molecular weight is 276 g/mol. The highest BCUT2D eigenvalue weighted by atomic mass is 19.1. The number of hydrogen-bond donors (Lipinski definition) is 1. The van der Waals surface area contributed by atoms with E-state index < -0.39 is 17.1 Å². The molecule has 20 heavy (non-hydrogen) atoms. The van der Waals surface area contributed by atoms with Crippen LogP contribution in [0.3, 0.4) is 0 Å². The lowest BCUT2D eigenvalue weighted by Gasteiger charge is -2.12. The summed E-state index contributed by atoms with van der Waals surface area (Å²) in [4.78, 5) is 25.5. The lowest BCUT2D eigenvalue weighted by Crippen LogP contribution is -2.33. The molecule has 0 saturated carbocycles. The van der Waals surface area contributed by atoms with Crippen LogP contribution in [0.2, 0.25) is 0 Å². The van der Waals surface area contributed by atoms with Gasteiger partial charge in [-0.25, -0.2) is 9.18 Å². The predicted molar refractivity (Wildman–Crippen MR) is 74.7 cm³/mol. The maximum absolute atomic E-state index is 13.4. The zero-order valence-corrected chi connectivity index (χ0v) is 11.0. The Morgan fingerprint density at radius 2 is 2.05 bits per heavy atom. The minimum absolute atomic E-state index is 0.227. The van der Waals surface area contributed by atoms with Crippen molar-refractivity contribution in [3.63, 3.8) is 0 Å². The molecule has 0 atom stereocenters. The SMILES string of the molecule is CN(N=Cc1ccccc1F)c1cc(=O)n(C)c(=O)[nH]1. The summed E-state index contributed by atoms with van der Waals surface area (Å²) in [6.45, 7) is 0. The summed E-state index contributed by atoms with van der Waals surface area (Å²) in [7, 11) is 2.91. The van der Waals surface area contributed by atoms with Crippen LogP contribution in [0.1, 0.15) is 5.56 Å². The van der Waals surface area contributed by atoms with E-state index in [0.717, 1.165) is 4.57 Å². The summed E-state index contributed by atoms with van der Waals surface area (Å²) in [5, 5.41) is 5.27. The molecule has 7 heteroatoms. The van der Waals surface area contributed by atoms with Gasteiger partial charge in [0, 0.05) is 25.7 Å². The molecule has 2 rings (SSSR count). The van der Waals surface area contributed by atoms with Gasteiger partial charge in [0.15, 0.2) is 0 Å². The normalized spacial score (nSPS) is 10.9. The highest BCUT2D eigenvalue weighted by Gasteiger charge is 2.04. The van der Waals surface area contributed by atoms with Gasteiger partial charge in [-0.05, 0) is 6.07 Å². The highest BCUT2D eigenvalue weighted by Crippen LogP contribution is 2.06. The van der Waals surface area contributed by atoms with Crippen LogP contribution in [0.4, 0.5) is 10.2 Å². The van der Waals surface area contributed by atoms with Crippen LogP contribution < -0.4 is 16.3 Å². The Labute approximate surface area is 113 Å². The Hall–Kier alpha value is -2.70. The number of hydrazone groups is 1. The molecular weight excluding hydrogens is 263 g/mol. The molecule has 0 unspecified atom stereocenters. The molecular formula is C13H13FN4O2. The van der Waals surface area contributed by atoms with Crippen LogP contribution in [0.15, 0.2) is 45.0 Å². The van der Waals surface area contributed by atoms with Gasteiger partial charge in [-0.15, -0.1) is 0 Å². The first-order chi connectivity index (χ1) is 9.49. The molecule has 2 aromatic rings. The van der Waals surface area contributed by atoms with E-state index in [1.165, 1.54) is 30.4 Å². The average Bonchev–Trinajstić information content (AvgIpc) is 2.43. The van der Waals surface area contributed by atoms with Crippen molar-refractivity contribution in [3.8, 4) is 0 Å². The zero-order chi connectivity index (χ0) is 14.7. The third-order valence-electron chi connectivity index (χ3n) is 2.75. The lowest BCUT2D eigenvalue weighted by atomic mass is 10.2. The summed E-state index contributed by atoms with van der Waals surface area (Å²) < 4.78 is 14.3. The second-order valence-electron chi connectivity index (χ2n) is 4.15. The first-order valence-electron chi connectivity index (χ1n) is 5.81. The maximum Gasteiger partial charge on any atom is 0.329 e. The third-order valence-corrected chi connectivity index (χ3v) is 2.75. The minimum atomic E-state index is -0.541. The molecule has 1 aromatic heterocycles. The first kappa shape index (κ1) is 13.7. The number of nitrogens with one attached hydrogen (secondary N) is 1. The Kier molecular flexibility index (Phi) is 3.79. The van der Waals surface area contributed by atoms with Crippen LogP contribution >= 0.6 is 0 Å². The number of hydrogen-bond acceptors (Lipinski definition) is 4. The van der Waals surface area contributed by atoms with E-state index in [9.17, 15) is 14.0 Å². The maximum atomic E-state index is 13.4. The molecule has 1 N–H and O–H groups in total. The van der Waals surface area contributed by atoms with E-state index in [0.29, 0.717) is 5.56 Å². The molecule has 0 saturated heterocycles. The van der Waals surface area contributed by atoms with E-state index >= 15 is 0 Å². The van der Waals surface area contributed by atoms with Crippen molar-refractivity contribution in [2.24, 2.45) is 12.1 Å². The Balaban J connectivity index is 2.29. The zero-order valence-electron chi connectivity index (χ0n) is 11.0. The summed E-state index contributed by atoms with van der Waals surface area (Å²) >= 11 is 0. The van der Waals surface area contributed by atoms with Gasteiger partial charge < -0.3 is 0 Å². The summed E-state index contributed by atoms with van der Waals surface area (Å²) in [5.41, 5.74) is -0.678. The number of aromatic nitrogens is 2. The fraction of sp³-hybridized carbons (Fsp3) is 0.154. The molecule has 104 valence electrons. The molecule has 6 nitrogen and oxygen atoms in total. The molecule has 0 spiro atoms. The number of anilines is 1. The van der Waals surface area contributed by atoms with Crippen molar-refractivity contribution >= 4 is 12.0 Å². The number of H-pyrrole nitrogens is 1. The van der Waals surface area contributed by atoms with Crippen molar-refractivity contribution in [3.05, 3.63) is 62.6 Å². The number of benzene rings is 1. The first-order valence-corrected chi connectivity index (χ1v) is 5.81. The standard InChI is InChI=1S/C13H13FN4O2/c1-17-12(19)7-11(16-13(17)20)18(2)15-8-9-5-3-4-6-10(9)14/h3-8H,1-2H3,(H,16,20). The summed E-state index contributed by atoms with van der Waals surface area (Å²) in [5.74, 6) is -0.173. The Bertz CT molecular complexity index is 732. The fourth-order valence-corrected chi connectivity index (χ4v) is 1.51. The third kappa shape index (κ3) is 2.82. The van der Waals surface area contributed by atoms with Crippen molar-refractivity contribution in [1.29, 1.82) is 0 Å². The van der Waals surface area contributed by atoms with Crippen molar-refractivity contribution < 1.29 is 4.39 Å². The number of halogens is 1. The van der Waals surface area contributed by atoms with Crippen LogP contribution in [0.5, 0.6) is 0 Å². The highest BCUT2D eigenvalue weighted by molar-refractivity contribution is 5.80. The predicted octanol–water partition coefficient (Wildman–Crippen LogP) is 0.683. The van der Waals surface area contributed by atoms with Gasteiger partial charge in [0.05, 0.1) is 6.21 Å². The van der Waals surface area contributed by atoms with Crippen LogP contribution in [-0.4, -0.2) is 22.8 Å². The number of nitrogens with zero attached hydrogens (tertiary/aromatic N) is 3. The molecule has 0 aliphatic carbocycles. The quantitative estimate of drug-likeness (QED) is 0.662. The number of aromatic amines is 1. The van der Waals surface area contributed by atoms with E-state index in [1.54, 1.807) is 25.2 Å². The smallest absolute Gasteiger partial charge is 0.292 e. The van der Waals surface area contributed by atoms with E-state index in [2.05, 4.69) is 10.1 Å². The fourth-order valence-electron chi connectivity index (χ4n) is 1.51. The van der Waals surface area contributed by atoms with E-state index in [-0.39, 0.29) is 5.82 Å². The van der Waals surface area contributed by atoms with Gasteiger partial charge in [-0.1, -0.05) is 18.2 Å². The topological polar surface area (TPSA) is 70.5 Å².